The summed E-state index contributed by atoms with van der Waals surface area (Å²) >= 11 is 3.40. The third-order valence-corrected chi connectivity index (χ3v) is 2.85. The average Bonchev–Trinajstić information content (AvgIpc) is 2.28. The summed E-state index contributed by atoms with van der Waals surface area (Å²) < 4.78 is 6.53. The van der Waals surface area contributed by atoms with Crippen molar-refractivity contribution in [2.24, 2.45) is 0 Å². The highest BCUT2D eigenvalue weighted by atomic mass is 79.9. The summed E-state index contributed by atoms with van der Waals surface area (Å²) in [5.74, 6) is 1.13. The molecule has 1 heterocycles. The van der Waals surface area contributed by atoms with Gasteiger partial charge in [0.05, 0.1) is 15.9 Å². The molecule has 0 aliphatic rings. The van der Waals surface area contributed by atoms with E-state index in [0.29, 0.717) is 17.3 Å². The van der Waals surface area contributed by atoms with Crippen molar-refractivity contribution in [1.29, 1.82) is 0 Å². The number of hydrogen-bond donors (Lipinski definition) is 1. The summed E-state index contributed by atoms with van der Waals surface area (Å²) in [5.41, 5.74) is 7.90. The Kier molecular flexibility index (Phi) is 3.28. The fourth-order valence-corrected chi connectivity index (χ4v) is 1.64. The summed E-state index contributed by atoms with van der Waals surface area (Å²) in [7, 11) is 0. The number of nitrogens with two attached hydrogens (primary N) is 1. The van der Waals surface area contributed by atoms with Gasteiger partial charge in [0.25, 0.3) is 0 Å². The molecule has 0 aliphatic heterocycles. The lowest BCUT2D eigenvalue weighted by Crippen LogP contribution is -1.97. The summed E-state index contributed by atoms with van der Waals surface area (Å²) in [5, 5.41) is 0. The molecule has 0 amide bonds. The van der Waals surface area contributed by atoms with E-state index in [-0.39, 0.29) is 0 Å². The standard InChI is InChI=1S/C12H12BrN3O/c1-7-6-15-8(2)12(16-7)17-11-5-9(14)3-4-10(11)13/h3-6H,14H2,1-2H3. The van der Waals surface area contributed by atoms with E-state index < -0.39 is 0 Å². The van der Waals surface area contributed by atoms with Gasteiger partial charge in [0, 0.05) is 18.0 Å². The van der Waals surface area contributed by atoms with Gasteiger partial charge in [-0.05, 0) is 41.9 Å². The minimum Gasteiger partial charge on any atom is -0.436 e. The summed E-state index contributed by atoms with van der Waals surface area (Å²) in [6, 6.07) is 5.38. The van der Waals surface area contributed by atoms with Crippen LogP contribution in [0.1, 0.15) is 11.4 Å². The molecule has 88 valence electrons. The fraction of sp³-hybridized carbons (Fsp3) is 0.167. The lowest BCUT2D eigenvalue weighted by molar-refractivity contribution is 0.451. The normalized spacial score (nSPS) is 10.3. The number of rotatable bonds is 2. The molecule has 5 heteroatoms. The quantitative estimate of drug-likeness (QED) is 0.864. The Morgan fingerprint density at radius 3 is 2.82 bits per heavy atom. The van der Waals surface area contributed by atoms with Crippen LogP contribution in [0.25, 0.3) is 0 Å². The second kappa shape index (κ2) is 4.71. The molecule has 2 rings (SSSR count). The van der Waals surface area contributed by atoms with E-state index in [0.717, 1.165) is 15.9 Å². The molecule has 0 bridgehead atoms. The zero-order chi connectivity index (χ0) is 12.4. The molecule has 17 heavy (non-hydrogen) atoms. The van der Waals surface area contributed by atoms with Crippen LogP contribution in [-0.2, 0) is 0 Å². The number of aryl methyl sites for hydroxylation is 2. The summed E-state index contributed by atoms with van der Waals surface area (Å²) in [4.78, 5) is 8.49. The Balaban J connectivity index is 2.37. The third kappa shape index (κ3) is 2.74. The van der Waals surface area contributed by atoms with Crippen molar-refractivity contribution in [3.05, 3.63) is 40.3 Å². The highest BCUT2D eigenvalue weighted by Crippen LogP contribution is 2.31. The van der Waals surface area contributed by atoms with Gasteiger partial charge in [-0.25, -0.2) is 4.98 Å². The Morgan fingerprint density at radius 1 is 1.29 bits per heavy atom. The van der Waals surface area contributed by atoms with E-state index >= 15 is 0 Å². The molecule has 1 aromatic heterocycles. The van der Waals surface area contributed by atoms with Crippen molar-refractivity contribution in [3.8, 4) is 11.6 Å². The van der Waals surface area contributed by atoms with Gasteiger partial charge in [0.2, 0.25) is 5.88 Å². The number of anilines is 1. The number of nitrogen functional groups attached to an aromatic ring is 1. The molecule has 0 fully saturated rings. The van der Waals surface area contributed by atoms with E-state index in [9.17, 15) is 0 Å². The van der Waals surface area contributed by atoms with Gasteiger partial charge in [-0.3, -0.25) is 4.98 Å². The molecule has 2 N–H and O–H groups in total. The molecule has 0 aliphatic carbocycles. The molecule has 2 aromatic rings. The van der Waals surface area contributed by atoms with Crippen molar-refractivity contribution in [1.82, 2.24) is 9.97 Å². The molecule has 0 radical (unpaired) electrons. The number of aromatic nitrogens is 2. The summed E-state index contributed by atoms with van der Waals surface area (Å²) in [6.07, 6.45) is 1.70. The predicted octanol–water partition coefficient (Wildman–Crippen LogP) is 3.23. The van der Waals surface area contributed by atoms with E-state index in [1.54, 1.807) is 18.3 Å². The molecular weight excluding hydrogens is 282 g/mol. The zero-order valence-electron chi connectivity index (χ0n) is 9.57. The van der Waals surface area contributed by atoms with E-state index in [2.05, 4.69) is 25.9 Å². The minimum absolute atomic E-state index is 0.497. The molecule has 0 unspecified atom stereocenters. The van der Waals surface area contributed by atoms with E-state index in [1.807, 2.05) is 19.9 Å². The third-order valence-electron chi connectivity index (χ3n) is 2.19. The average molecular weight is 294 g/mol. The van der Waals surface area contributed by atoms with Crippen LogP contribution in [0.15, 0.2) is 28.9 Å². The first kappa shape index (κ1) is 11.9. The lowest BCUT2D eigenvalue weighted by Gasteiger charge is -2.09. The molecule has 4 nitrogen and oxygen atoms in total. The maximum atomic E-state index is 5.71. The Morgan fingerprint density at radius 2 is 2.06 bits per heavy atom. The van der Waals surface area contributed by atoms with E-state index in [1.165, 1.54) is 0 Å². The van der Waals surface area contributed by atoms with Gasteiger partial charge in [0.15, 0.2) is 0 Å². The second-order valence-corrected chi connectivity index (χ2v) is 4.55. The number of hydrogen-bond acceptors (Lipinski definition) is 4. The van der Waals surface area contributed by atoms with Crippen molar-refractivity contribution in [3.63, 3.8) is 0 Å². The first-order valence-corrected chi connectivity index (χ1v) is 5.88. The molecule has 0 spiro atoms. The van der Waals surface area contributed by atoms with Gasteiger partial charge in [0.1, 0.15) is 5.75 Å². The van der Waals surface area contributed by atoms with Crippen molar-refractivity contribution in [2.75, 3.05) is 5.73 Å². The van der Waals surface area contributed by atoms with E-state index in [4.69, 9.17) is 10.5 Å². The highest BCUT2D eigenvalue weighted by molar-refractivity contribution is 9.10. The van der Waals surface area contributed by atoms with Crippen LogP contribution in [0.4, 0.5) is 5.69 Å². The lowest BCUT2D eigenvalue weighted by atomic mass is 10.3. The van der Waals surface area contributed by atoms with Crippen LogP contribution in [0, 0.1) is 13.8 Å². The van der Waals surface area contributed by atoms with Crippen LogP contribution in [0.2, 0.25) is 0 Å². The zero-order valence-corrected chi connectivity index (χ0v) is 11.2. The number of nitrogens with zero attached hydrogens (tertiary/aromatic N) is 2. The van der Waals surface area contributed by atoms with Crippen LogP contribution in [0.5, 0.6) is 11.6 Å². The van der Waals surface area contributed by atoms with Gasteiger partial charge < -0.3 is 10.5 Å². The van der Waals surface area contributed by atoms with Gasteiger partial charge in [-0.2, -0.15) is 0 Å². The number of ether oxygens (including phenoxy) is 1. The van der Waals surface area contributed by atoms with Crippen molar-refractivity contribution >= 4 is 21.6 Å². The molecule has 0 saturated heterocycles. The number of halogens is 1. The Bertz CT molecular complexity index is 508. The first-order valence-electron chi connectivity index (χ1n) is 5.09. The molecular formula is C12H12BrN3O. The van der Waals surface area contributed by atoms with Gasteiger partial charge >= 0.3 is 0 Å². The molecule has 1 aromatic carbocycles. The van der Waals surface area contributed by atoms with Crippen LogP contribution >= 0.6 is 15.9 Å². The van der Waals surface area contributed by atoms with Crippen LogP contribution in [-0.4, -0.2) is 9.97 Å². The molecule has 0 atom stereocenters. The highest BCUT2D eigenvalue weighted by Gasteiger charge is 2.08. The fourth-order valence-electron chi connectivity index (χ4n) is 1.31. The Hall–Kier alpha value is -1.62. The SMILES string of the molecule is Cc1cnc(C)c(Oc2cc(N)ccc2Br)n1. The largest absolute Gasteiger partial charge is 0.436 e. The first-order chi connectivity index (χ1) is 8.06. The van der Waals surface area contributed by atoms with Crippen molar-refractivity contribution in [2.45, 2.75) is 13.8 Å². The van der Waals surface area contributed by atoms with Gasteiger partial charge in [-0.1, -0.05) is 0 Å². The maximum Gasteiger partial charge on any atom is 0.241 e. The van der Waals surface area contributed by atoms with Gasteiger partial charge in [-0.15, -0.1) is 0 Å². The second-order valence-electron chi connectivity index (χ2n) is 3.69. The maximum absolute atomic E-state index is 5.71. The predicted molar refractivity (Wildman–Crippen MR) is 70.1 cm³/mol. The van der Waals surface area contributed by atoms with Crippen LogP contribution in [0.3, 0.4) is 0 Å². The monoisotopic (exact) mass is 293 g/mol. The Labute approximate surface area is 108 Å². The topological polar surface area (TPSA) is 61.0 Å². The minimum atomic E-state index is 0.497. The van der Waals surface area contributed by atoms with Crippen molar-refractivity contribution < 1.29 is 4.74 Å². The molecule has 0 saturated carbocycles. The number of benzene rings is 1. The van der Waals surface area contributed by atoms with Crippen LogP contribution < -0.4 is 10.5 Å². The summed E-state index contributed by atoms with van der Waals surface area (Å²) in [6.45, 7) is 3.72. The smallest absolute Gasteiger partial charge is 0.241 e.